The van der Waals surface area contributed by atoms with E-state index in [1.165, 1.54) is 0 Å². The molecule has 98 valence electrons. The van der Waals surface area contributed by atoms with Crippen LogP contribution in [0.5, 0.6) is 11.5 Å². The molecule has 1 amide bonds. The van der Waals surface area contributed by atoms with E-state index in [1.54, 1.807) is 13.8 Å². The maximum atomic E-state index is 11.7. The predicted molar refractivity (Wildman–Crippen MR) is 72.4 cm³/mol. The van der Waals surface area contributed by atoms with E-state index in [9.17, 15) is 4.79 Å². The lowest BCUT2D eigenvalue weighted by molar-refractivity contribution is -0.123. The van der Waals surface area contributed by atoms with Gasteiger partial charge in [-0.15, -0.1) is 0 Å². The molecule has 1 aliphatic rings. The van der Waals surface area contributed by atoms with E-state index in [0.29, 0.717) is 13.2 Å². The number of alkyl halides is 1. The van der Waals surface area contributed by atoms with Gasteiger partial charge in [0.25, 0.3) is 0 Å². The molecule has 5 heteroatoms. The number of para-hydroxylation sites is 2. The lowest BCUT2D eigenvalue weighted by Crippen LogP contribution is -2.45. The predicted octanol–water partition coefficient (Wildman–Crippen LogP) is 2.12. The van der Waals surface area contributed by atoms with Crippen LogP contribution < -0.4 is 14.8 Å². The number of carbonyl (C=O) groups is 1. The highest BCUT2D eigenvalue weighted by Gasteiger charge is 2.26. The van der Waals surface area contributed by atoms with Crippen LogP contribution in [0, 0.1) is 0 Å². The molecular formula is C13H16BrNO3. The standard InChI is InChI=1S/C13H16BrNO3/c1-13(2,14)12(16)15-7-9-8-17-10-5-3-4-6-11(10)18-9/h3-6,9H,7-8H2,1-2H3,(H,15,16). The summed E-state index contributed by atoms with van der Waals surface area (Å²) >= 11 is 3.31. The van der Waals surface area contributed by atoms with Gasteiger partial charge >= 0.3 is 0 Å². The largest absolute Gasteiger partial charge is 0.486 e. The zero-order valence-corrected chi connectivity index (χ0v) is 12.0. The molecular weight excluding hydrogens is 298 g/mol. The van der Waals surface area contributed by atoms with E-state index >= 15 is 0 Å². The van der Waals surface area contributed by atoms with Crippen LogP contribution in [0.4, 0.5) is 0 Å². The molecule has 0 aliphatic carbocycles. The van der Waals surface area contributed by atoms with Crippen molar-refractivity contribution in [2.24, 2.45) is 0 Å². The van der Waals surface area contributed by atoms with Crippen molar-refractivity contribution in [3.63, 3.8) is 0 Å². The summed E-state index contributed by atoms with van der Waals surface area (Å²) in [5, 5.41) is 2.83. The van der Waals surface area contributed by atoms with Gasteiger partial charge in [0, 0.05) is 0 Å². The Morgan fingerprint density at radius 1 is 1.44 bits per heavy atom. The molecule has 1 heterocycles. The molecule has 0 saturated carbocycles. The smallest absolute Gasteiger partial charge is 0.236 e. The molecule has 1 aromatic rings. The highest BCUT2D eigenvalue weighted by molar-refractivity contribution is 9.10. The van der Waals surface area contributed by atoms with E-state index in [-0.39, 0.29) is 12.0 Å². The third-order valence-corrected chi connectivity index (χ3v) is 2.96. The second kappa shape index (κ2) is 5.18. The number of benzene rings is 1. The quantitative estimate of drug-likeness (QED) is 0.870. The second-order valence-electron chi connectivity index (χ2n) is 4.68. The number of rotatable bonds is 3. The molecule has 0 fully saturated rings. The van der Waals surface area contributed by atoms with Crippen molar-refractivity contribution in [3.8, 4) is 11.5 Å². The number of hydrogen-bond donors (Lipinski definition) is 1. The molecule has 2 rings (SSSR count). The molecule has 1 aliphatic heterocycles. The lowest BCUT2D eigenvalue weighted by atomic mass is 10.2. The van der Waals surface area contributed by atoms with Crippen molar-refractivity contribution in [2.45, 2.75) is 24.3 Å². The average Bonchev–Trinajstić information content (AvgIpc) is 2.34. The number of fused-ring (bicyclic) bond motifs is 1. The number of ether oxygens (including phenoxy) is 2. The van der Waals surface area contributed by atoms with Crippen LogP contribution in [-0.4, -0.2) is 29.5 Å². The first kappa shape index (κ1) is 13.2. The van der Waals surface area contributed by atoms with Crippen LogP contribution in [0.25, 0.3) is 0 Å². The lowest BCUT2D eigenvalue weighted by Gasteiger charge is -2.27. The van der Waals surface area contributed by atoms with Gasteiger partial charge in [-0.1, -0.05) is 28.1 Å². The third-order valence-electron chi connectivity index (χ3n) is 2.60. The summed E-state index contributed by atoms with van der Waals surface area (Å²) < 4.78 is 10.7. The molecule has 0 radical (unpaired) electrons. The molecule has 0 bridgehead atoms. The maximum Gasteiger partial charge on any atom is 0.236 e. The Morgan fingerprint density at radius 3 is 2.78 bits per heavy atom. The first-order valence-corrected chi connectivity index (χ1v) is 6.62. The molecule has 18 heavy (non-hydrogen) atoms. The Hall–Kier alpha value is -1.23. The fourth-order valence-electron chi connectivity index (χ4n) is 1.58. The van der Waals surface area contributed by atoms with E-state index < -0.39 is 4.32 Å². The fraction of sp³-hybridized carbons (Fsp3) is 0.462. The van der Waals surface area contributed by atoms with Crippen molar-refractivity contribution in [2.75, 3.05) is 13.2 Å². The normalized spacial score (nSPS) is 18.3. The van der Waals surface area contributed by atoms with Crippen molar-refractivity contribution >= 4 is 21.8 Å². The van der Waals surface area contributed by atoms with Crippen LogP contribution in [0.3, 0.4) is 0 Å². The van der Waals surface area contributed by atoms with Crippen LogP contribution in [0.2, 0.25) is 0 Å². The van der Waals surface area contributed by atoms with E-state index in [0.717, 1.165) is 11.5 Å². The molecule has 1 atom stereocenters. The number of nitrogens with one attached hydrogen (secondary N) is 1. The topological polar surface area (TPSA) is 47.6 Å². The monoisotopic (exact) mass is 313 g/mol. The van der Waals surface area contributed by atoms with Crippen molar-refractivity contribution in [1.29, 1.82) is 0 Å². The summed E-state index contributed by atoms with van der Waals surface area (Å²) in [6.45, 7) is 4.48. The summed E-state index contributed by atoms with van der Waals surface area (Å²) in [4.78, 5) is 11.7. The number of amides is 1. The first-order valence-electron chi connectivity index (χ1n) is 5.82. The Labute approximate surface area is 115 Å². The van der Waals surface area contributed by atoms with E-state index in [1.807, 2.05) is 24.3 Å². The minimum absolute atomic E-state index is 0.0649. The van der Waals surface area contributed by atoms with Gasteiger partial charge in [0.05, 0.1) is 10.9 Å². The van der Waals surface area contributed by atoms with E-state index in [4.69, 9.17) is 9.47 Å². The summed E-state index contributed by atoms with van der Waals surface area (Å²) in [6, 6.07) is 7.52. The van der Waals surface area contributed by atoms with Gasteiger partial charge in [0.15, 0.2) is 11.5 Å². The van der Waals surface area contributed by atoms with Crippen LogP contribution in [0.1, 0.15) is 13.8 Å². The van der Waals surface area contributed by atoms with Crippen LogP contribution >= 0.6 is 15.9 Å². The van der Waals surface area contributed by atoms with Gasteiger partial charge in [0.1, 0.15) is 12.7 Å². The summed E-state index contributed by atoms with van der Waals surface area (Å²) in [7, 11) is 0. The molecule has 4 nitrogen and oxygen atoms in total. The average molecular weight is 314 g/mol. The van der Waals surface area contributed by atoms with Gasteiger partial charge in [0.2, 0.25) is 5.91 Å². The molecule has 1 N–H and O–H groups in total. The molecule has 1 unspecified atom stereocenters. The van der Waals surface area contributed by atoms with Crippen LogP contribution in [0.15, 0.2) is 24.3 Å². The fourth-order valence-corrected chi connectivity index (χ4v) is 1.72. The number of hydrogen-bond acceptors (Lipinski definition) is 3. The van der Waals surface area contributed by atoms with Crippen molar-refractivity contribution in [1.82, 2.24) is 5.32 Å². The number of halogens is 1. The minimum Gasteiger partial charge on any atom is -0.486 e. The van der Waals surface area contributed by atoms with E-state index in [2.05, 4.69) is 21.2 Å². The van der Waals surface area contributed by atoms with Gasteiger partial charge in [-0.25, -0.2) is 0 Å². The zero-order chi connectivity index (χ0) is 13.2. The third kappa shape index (κ3) is 3.16. The van der Waals surface area contributed by atoms with Crippen molar-refractivity contribution in [3.05, 3.63) is 24.3 Å². The van der Waals surface area contributed by atoms with Gasteiger partial charge in [-0.2, -0.15) is 0 Å². The first-order chi connectivity index (χ1) is 8.47. The summed E-state index contributed by atoms with van der Waals surface area (Å²) in [5.74, 6) is 1.41. The van der Waals surface area contributed by atoms with Gasteiger partial charge in [-0.3, -0.25) is 4.79 Å². The minimum atomic E-state index is -0.569. The Bertz CT molecular complexity index is 442. The maximum absolute atomic E-state index is 11.7. The number of carbonyl (C=O) groups excluding carboxylic acids is 1. The molecule has 0 spiro atoms. The Balaban J connectivity index is 1.89. The second-order valence-corrected chi connectivity index (χ2v) is 6.66. The Morgan fingerprint density at radius 2 is 2.11 bits per heavy atom. The van der Waals surface area contributed by atoms with Crippen molar-refractivity contribution < 1.29 is 14.3 Å². The highest BCUT2D eigenvalue weighted by atomic mass is 79.9. The summed E-state index contributed by atoms with van der Waals surface area (Å²) in [5.41, 5.74) is 0. The Kier molecular flexibility index (Phi) is 3.80. The van der Waals surface area contributed by atoms with Crippen LogP contribution in [-0.2, 0) is 4.79 Å². The SMILES string of the molecule is CC(C)(Br)C(=O)NCC1COc2ccccc2O1. The zero-order valence-electron chi connectivity index (χ0n) is 10.4. The summed E-state index contributed by atoms with van der Waals surface area (Å²) in [6.07, 6.45) is -0.154. The molecule has 0 aromatic heterocycles. The van der Waals surface area contributed by atoms with Gasteiger partial charge in [-0.05, 0) is 26.0 Å². The molecule has 1 aromatic carbocycles. The van der Waals surface area contributed by atoms with Gasteiger partial charge < -0.3 is 14.8 Å². The molecule has 0 saturated heterocycles. The highest BCUT2D eigenvalue weighted by Crippen LogP contribution is 2.30.